The summed E-state index contributed by atoms with van der Waals surface area (Å²) in [5, 5.41) is 17.4. The Morgan fingerprint density at radius 3 is 2.71 bits per heavy atom. The lowest BCUT2D eigenvalue weighted by Gasteiger charge is -2.36. The van der Waals surface area contributed by atoms with E-state index in [1.807, 2.05) is 0 Å². The van der Waals surface area contributed by atoms with E-state index in [0.717, 1.165) is 0 Å². The van der Waals surface area contributed by atoms with Crippen LogP contribution in [0.4, 0.5) is 5.69 Å². The van der Waals surface area contributed by atoms with Crippen molar-refractivity contribution < 1.29 is 17.7 Å². The average molecular weight is 403 g/mol. The molecule has 4 rings (SSSR count). The Morgan fingerprint density at radius 1 is 1.29 bits per heavy atom. The van der Waals surface area contributed by atoms with Crippen LogP contribution in [0.25, 0.3) is 5.69 Å². The van der Waals surface area contributed by atoms with Gasteiger partial charge in [0.1, 0.15) is 16.9 Å². The van der Waals surface area contributed by atoms with E-state index in [2.05, 4.69) is 26.0 Å². The highest BCUT2D eigenvalue weighted by Gasteiger charge is 2.42. The van der Waals surface area contributed by atoms with E-state index in [0.29, 0.717) is 17.1 Å². The molecule has 0 saturated carbocycles. The minimum atomic E-state index is -3.72. The van der Waals surface area contributed by atoms with Gasteiger partial charge in [-0.15, -0.1) is 5.10 Å². The van der Waals surface area contributed by atoms with E-state index in [-0.39, 0.29) is 29.7 Å². The number of hydrogen-bond donors (Lipinski definition) is 1. The van der Waals surface area contributed by atoms with Crippen molar-refractivity contribution in [1.29, 1.82) is 0 Å². The zero-order chi connectivity index (χ0) is 19.9. The topological polar surface area (TPSA) is 136 Å². The van der Waals surface area contributed by atoms with Gasteiger partial charge in [0, 0.05) is 18.8 Å². The Bertz CT molecular complexity index is 1100. The summed E-state index contributed by atoms with van der Waals surface area (Å²) in [7, 11) is -3.72. The first kappa shape index (κ1) is 18.3. The van der Waals surface area contributed by atoms with Crippen LogP contribution in [0.5, 0.6) is 0 Å². The van der Waals surface area contributed by atoms with Gasteiger partial charge in [0.25, 0.3) is 0 Å². The maximum absolute atomic E-state index is 12.7. The molecule has 28 heavy (non-hydrogen) atoms. The van der Waals surface area contributed by atoms with Crippen molar-refractivity contribution in [3.8, 4) is 5.69 Å². The van der Waals surface area contributed by atoms with Crippen molar-refractivity contribution in [2.45, 2.75) is 18.7 Å². The number of aryl methyl sites for hydroxylation is 2. The predicted octanol–water partition coefficient (Wildman–Crippen LogP) is 0.526. The summed E-state index contributed by atoms with van der Waals surface area (Å²) in [5.41, 5.74) is 1.58. The standard InChI is InChI=1S/C16H17N7O4S/c1-10-15(11(2)27-19-10)28(25,26)22-7-12(8-22)16(24)18-13-4-3-5-14(6-13)23-9-17-20-21-23/h3-6,9,12H,7-8H2,1-2H3,(H,18,24). The fraction of sp³-hybridized carbons (Fsp3) is 0.312. The fourth-order valence-electron chi connectivity index (χ4n) is 3.02. The first-order valence-corrected chi connectivity index (χ1v) is 9.87. The number of benzene rings is 1. The molecule has 1 amide bonds. The highest BCUT2D eigenvalue weighted by Crippen LogP contribution is 2.29. The van der Waals surface area contributed by atoms with Crippen LogP contribution >= 0.6 is 0 Å². The van der Waals surface area contributed by atoms with Gasteiger partial charge in [0.2, 0.25) is 15.9 Å². The molecule has 1 N–H and O–H groups in total. The third kappa shape index (κ3) is 3.16. The van der Waals surface area contributed by atoms with Crippen LogP contribution in [0.15, 0.2) is 40.0 Å². The second kappa shape index (κ2) is 6.80. The molecule has 1 aliphatic heterocycles. The summed E-state index contributed by atoms with van der Waals surface area (Å²) in [6.07, 6.45) is 1.45. The van der Waals surface area contributed by atoms with Crippen LogP contribution in [-0.4, -0.2) is 57.1 Å². The quantitative estimate of drug-likeness (QED) is 0.651. The number of anilines is 1. The van der Waals surface area contributed by atoms with Gasteiger partial charge in [-0.1, -0.05) is 11.2 Å². The minimum Gasteiger partial charge on any atom is -0.360 e. The van der Waals surface area contributed by atoms with Gasteiger partial charge in [-0.2, -0.15) is 4.31 Å². The van der Waals surface area contributed by atoms with E-state index in [9.17, 15) is 13.2 Å². The third-order valence-electron chi connectivity index (χ3n) is 4.51. The summed E-state index contributed by atoms with van der Waals surface area (Å²) in [4.78, 5) is 12.5. The number of tetrazole rings is 1. The summed E-state index contributed by atoms with van der Waals surface area (Å²) < 4.78 is 33.0. The fourth-order valence-corrected chi connectivity index (χ4v) is 4.84. The number of aromatic nitrogens is 5. The molecule has 11 nitrogen and oxygen atoms in total. The number of rotatable bonds is 5. The molecule has 0 aliphatic carbocycles. The van der Waals surface area contributed by atoms with Gasteiger partial charge in [-0.05, 0) is 42.5 Å². The third-order valence-corrected chi connectivity index (χ3v) is 6.59. The molecule has 1 aromatic carbocycles. The number of nitrogens with one attached hydrogen (secondary N) is 1. The van der Waals surface area contributed by atoms with Crippen LogP contribution in [0, 0.1) is 19.8 Å². The molecule has 1 fully saturated rings. The number of amides is 1. The molecule has 0 radical (unpaired) electrons. The molecule has 0 bridgehead atoms. The van der Waals surface area contributed by atoms with Crippen LogP contribution in [0.2, 0.25) is 0 Å². The van der Waals surface area contributed by atoms with Crippen molar-refractivity contribution in [2.24, 2.45) is 5.92 Å². The molecule has 1 saturated heterocycles. The molecule has 0 spiro atoms. The van der Waals surface area contributed by atoms with Gasteiger partial charge in [0.05, 0.1) is 11.6 Å². The van der Waals surface area contributed by atoms with Gasteiger partial charge in [-0.25, -0.2) is 13.1 Å². The SMILES string of the molecule is Cc1noc(C)c1S(=O)(=O)N1CC(C(=O)Nc2cccc(-n3cnnn3)c2)C1. The van der Waals surface area contributed by atoms with Gasteiger partial charge < -0.3 is 9.84 Å². The van der Waals surface area contributed by atoms with E-state index in [4.69, 9.17) is 4.52 Å². The summed E-state index contributed by atoms with van der Waals surface area (Å²) in [5.74, 6) is -0.448. The number of hydrogen-bond acceptors (Lipinski definition) is 8. The maximum Gasteiger partial charge on any atom is 0.248 e. The molecular formula is C16H17N7O4S. The Morgan fingerprint density at radius 2 is 2.07 bits per heavy atom. The summed E-state index contributed by atoms with van der Waals surface area (Å²) in [6.45, 7) is 3.33. The Hall–Kier alpha value is -3.12. The monoisotopic (exact) mass is 403 g/mol. The van der Waals surface area contributed by atoms with E-state index < -0.39 is 15.9 Å². The molecule has 146 valence electrons. The zero-order valence-electron chi connectivity index (χ0n) is 15.1. The van der Waals surface area contributed by atoms with E-state index >= 15 is 0 Å². The Balaban J connectivity index is 1.41. The molecular weight excluding hydrogens is 386 g/mol. The summed E-state index contributed by atoms with van der Waals surface area (Å²) in [6, 6.07) is 7.03. The molecule has 12 heteroatoms. The largest absolute Gasteiger partial charge is 0.360 e. The lowest BCUT2D eigenvalue weighted by Crippen LogP contribution is -2.54. The van der Waals surface area contributed by atoms with Gasteiger partial charge >= 0.3 is 0 Å². The highest BCUT2D eigenvalue weighted by molar-refractivity contribution is 7.89. The van der Waals surface area contributed by atoms with Crippen molar-refractivity contribution in [3.05, 3.63) is 42.0 Å². The number of nitrogens with zero attached hydrogens (tertiary/aromatic N) is 6. The van der Waals surface area contributed by atoms with Crippen molar-refractivity contribution in [1.82, 2.24) is 29.7 Å². The zero-order valence-corrected chi connectivity index (χ0v) is 15.9. The van der Waals surface area contributed by atoms with Gasteiger partial charge in [-0.3, -0.25) is 4.79 Å². The molecule has 1 aliphatic rings. The van der Waals surface area contributed by atoms with Crippen LogP contribution < -0.4 is 5.32 Å². The highest BCUT2D eigenvalue weighted by atomic mass is 32.2. The minimum absolute atomic E-state index is 0.0699. The second-order valence-corrected chi connectivity index (χ2v) is 8.34. The normalized spacial score (nSPS) is 15.4. The van der Waals surface area contributed by atoms with Crippen LogP contribution in [-0.2, 0) is 14.8 Å². The van der Waals surface area contributed by atoms with E-state index in [1.165, 1.54) is 15.3 Å². The lowest BCUT2D eigenvalue weighted by molar-refractivity contribution is -0.122. The molecule has 0 unspecified atom stereocenters. The molecule has 3 heterocycles. The van der Waals surface area contributed by atoms with E-state index in [1.54, 1.807) is 38.1 Å². The molecule has 2 aromatic heterocycles. The predicted molar refractivity (Wildman–Crippen MR) is 96.0 cm³/mol. The van der Waals surface area contributed by atoms with Gasteiger partial charge in [0.15, 0.2) is 5.76 Å². The summed E-state index contributed by atoms with van der Waals surface area (Å²) >= 11 is 0. The number of carbonyl (C=O) groups excluding carboxylic acids is 1. The average Bonchev–Trinajstić information content (AvgIpc) is 3.23. The van der Waals surface area contributed by atoms with Crippen molar-refractivity contribution in [2.75, 3.05) is 18.4 Å². The smallest absolute Gasteiger partial charge is 0.248 e. The number of sulfonamides is 1. The Labute approximate surface area is 160 Å². The Kier molecular flexibility index (Phi) is 4.43. The number of carbonyl (C=O) groups is 1. The van der Waals surface area contributed by atoms with Crippen molar-refractivity contribution in [3.63, 3.8) is 0 Å². The molecule has 0 atom stereocenters. The first-order valence-electron chi connectivity index (χ1n) is 8.43. The maximum atomic E-state index is 12.7. The lowest BCUT2D eigenvalue weighted by atomic mass is 10.0. The van der Waals surface area contributed by atoms with Crippen LogP contribution in [0.1, 0.15) is 11.5 Å². The van der Waals surface area contributed by atoms with Crippen molar-refractivity contribution >= 4 is 21.6 Å². The van der Waals surface area contributed by atoms with Crippen LogP contribution in [0.3, 0.4) is 0 Å². The molecule has 3 aromatic rings. The second-order valence-electron chi connectivity index (χ2n) is 6.47. The first-order chi connectivity index (χ1) is 13.4.